The van der Waals surface area contributed by atoms with E-state index in [1.165, 1.54) is 12.1 Å². The number of nitro benzene ring substituents is 1. The summed E-state index contributed by atoms with van der Waals surface area (Å²) in [6, 6.07) is 13.5. The normalized spacial score (nSPS) is 14.6. The number of furan rings is 1. The molecule has 1 aliphatic heterocycles. The van der Waals surface area contributed by atoms with Gasteiger partial charge in [0.15, 0.2) is 0 Å². The molecule has 1 aliphatic rings. The summed E-state index contributed by atoms with van der Waals surface area (Å²) in [5.41, 5.74) is 3.56. The number of carbonyl (C=O) groups is 3. The summed E-state index contributed by atoms with van der Waals surface area (Å²) >= 11 is 0.713. The molecule has 35 heavy (non-hydrogen) atoms. The van der Waals surface area contributed by atoms with Crippen molar-refractivity contribution in [1.82, 2.24) is 4.90 Å². The molecular weight excluding hydrogens is 470 g/mol. The van der Waals surface area contributed by atoms with E-state index in [2.05, 4.69) is 5.32 Å². The van der Waals surface area contributed by atoms with Crippen LogP contribution in [-0.4, -0.2) is 33.4 Å². The van der Waals surface area contributed by atoms with Crippen molar-refractivity contribution in [3.8, 4) is 11.3 Å². The van der Waals surface area contributed by atoms with Crippen LogP contribution in [0.4, 0.5) is 16.2 Å². The molecule has 1 fully saturated rings. The van der Waals surface area contributed by atoms with E-state index in [-0.39, 0.29) is 10.6 Å². The maximum Gasteiger partial charge on any atom is 0.294 e. The number of rotatable bonds is 6. The van der Waals surface area contributed by atoms with Crippen molar-refractivity contribution >= 4 is 46.3 Å². The van der Waals surface area contributed by atoms with Gasteiger partial charge in [0.1, 0.15) is 18.1 Å². The van der Waals surface area contributed by atoms with Gasteiger partial charge in [-0.2, -0.15) is 0 Å². The molecule has 4 rings (SSSR count). The SMILES string of the molecule is Cc1ccc(NC(=O)CN2C(=O)S/C(=C/c3ccc(-c4ccc(C)c([N+](=O)[O-])c4)o3)C2=O)c(C)c1. The minimum Gasteiger partial charge on any atom is -0.457 e. The Kier molecular flexibility index (Phi) is 6.57. The summed E-state index contributed by atoms with van der Waals surface area (Å²) in [7, 11) is 0. The molecule has 2 aromatic carbocycles. The molecule has 0 atom stereocenters. The number of hydrogen-bond acceptors (Lipinski definition) is 7. The number of amides is 3. The molecular formula is C25H21N3O6S. The first kappa shape index (κ1) is 24.0. The lowest BCUT2D eigenvalue weighted by molar-refractivity contribution is -0.385. The van der Waals surface area contributed by atoms with Crippen molar-refractivity contribution in [1.29, 1.82) is 0 Å². The highest BCUT2D eigenvalue weighted by atomic mass is 32.2. The second-order valence-corrected chi connectivity index (χ2v) is 9.09. The number of nitrogens with zero attached hydrogens (tertiary/aromatic N) is 2. The molecule has 10 heteroatoms. The lowest BCUT2D eigenvalue weighted by Crippen LogP contribution is -2.36. The molecule has 9 nitrogen and oxygen atoms in total. The summed E-state index contributed by atoms with van der Waals surface area (Å²) in [5.74, 6) is -0.402. The van der Waals surface area contributed by atoms with Crippen LogP contribution >= 0.6 is 11.8 Å². The molecule has 0 unspecified atom stereocenters. The lowest BCUT2D eigenvalue weighted by atomic mass is 10.1. The molecule has 1 aromatic heterocycles. The number of hydrogen-bond donors (Lipinski definition) is 1. The third-order valence-electron chi connectivity index (χ3n) is 5.42. The minimum atomic E-state index is -0.597. The lowest BCUT2D eigenvalue weighted by Gasteiger charge is -2.13. The van der Waals surface area contributed by atoms with Crippen LogP contribution in [0.2, 0.25) is 0 Å². The standard InChI is InChI=1S/C25H21N3O6S/c1-14-4-8-19(16(3)10-14)26-23(29)13-27-24(30)22(35-25(27)31)12-18-7-9-21(34-18)17-6-5-15(2)20(11-17)28(32)33/h4-12H,13H2,1-3H3,(H,26,29)/b22-12+. The molecule has 3 amide bonds. The van der Waals surface area contributed by atoms with Gasteiger partial charge < -0.3 is 9.73 Å². The van der Waals surface area contributed by atoms with Crippen molar-refractivity contribution < 1.29 is 23.7 Å². The van der Waals surface area contributed by atoms with Crippen LogP contribution in [0.1, 0.15) is 22.5 Å². The third kappa shape index (κ3) is 5.17. The minimum absolute atomic E-state index is 0.0272. The topological polar surface area (TPSA) is 123 Å². The Bertz CT molecular complexity index is 1410. The van der Waals surface area contributed by atoms with E-state index in [1.54, 1.807) is 37.3 Å². The van der Waals surface area contributed by atoms with Crippen LogP contribution in [0.25, 0.3) is 17.4 Å². The largest absolute Gasteiger partial charge is 0.457 e. The van der Waals surface area contributed by atoms with Crippen molar-refractivity contribution in [3.05, 3.63) is 86.0 Å². The smallest absolute Gasteiger partial charge is 0.294 e. The first-order chi connectivity index (χ1) is 16.6. The Morgan fingerprint density at radius 1 is 1.09 bits per heavy atom. The summed E-state index contributed by atoms with van der Waals surface area (Å²) < 4.78 is 5.73. The number of carbonyl (C=O) groups excluding carboxylic acids is 3. The van der Waals surface area contributed by atoms with E-state index in [9.17, 15) is 24.5 Å². The first-order valence-electron chi connectivity index (χ1n) is 10.6. The average Bonchev–Trinajstić information content (AvgIpc) is 3.36. The van der Waals surface area contributed by atoms with Gasteiger partial charge in [-0.25, -0.2) is 0 Å². The second-order valence-electron chi connectivity index (χ2n) is 8.09. The van der Waals surface area contributed by atoms with Crippen LogP contribution in [0.5, 0.6) is 0 Å². The molecule has 1 N–H and O–H groups in total. The maximum atomic E-state index is 12.8. The Balaban J connectivity index is 1.47. The molecule has 178 valence electrons. The predicted octanol–water partition coefficient (Wildman–Crippen LogP) is 5.46. The van der Waals surface area contributed by atoms with Crippen molar-refractivity contribution in [3.63, 3.8) is 0 Å². The zero-order valence-corrected chi connectivity index (χ0v) is 20.0. The second kappa shape index (κ2) is 9.59. The Morgan fingerprint density at radius 3 is 2.57 bits per heavy atom. The van der Waals surface area contributed by atoms with Crippen LogP contribution in [0, 0.1) is 30.9 Å². The molecule has 0 bridgehead atoms. The fraction of sp³-hybridized carbons (Fsp3) is 0.160. The highest BCUT2D eigenvalue weighted by Crippen LogP contribution is 2.34. The fourth-order valence-corrected chi connectivity index (χ4v) is 4.42. The summed E-state index contributed by atoms with van der Waals surface area (Å²) in [6.45, 7) is 5.04. The molecule has 1 saturated heterocycles. The summed E-state index contributed by atoms with van der Waals surface area (Å²) in [5, 5.41) is 13.4. The Hall–Kier alpha value is -4.18. The fourth-order valence-electron chi connectivity index (χ4n) is 3.60. The molecule has 0 saturated carbocycles. The van der Waals surface area contributed by atoms with Crippen LogP contribution in [0.15, 0.2) is 57.9 Å². The van der Waals surface area contributed by atoms with E-state index in [4.69, 9.17) is 4.42 Å². The van der Waals surface area contributed by atoms with Gasteiger partial charge in [0.05, 0.1) is 9.83 Å². The number of nitrogens with one attached hydrogen (secondary N) is 1. The number of benzene rings is 2. The first-order valence-corrected chi connectivity index (χ1v) is 11.4. The van der Waals surface area contributed by atoms with Crippen LogP contribution in [-0.2, 0) is 9.59 Å². The molecule has 0 radical (unpaired) electrons. The molecule has 0 spiro atoms. The zero-order chi connectivity index (χ0) is 25.3. The third-order valence-corrected chi connectivity index (χ3v) is 6.33. The quantitative estimate of drug-likeness (QED) is 0.276. The maximum absolute atomic E-state index is 12.8. The Morgan fingerprint density at radius 2 is 1.86 bits per heavy atom. The van der Waals surface area contributed by atoms with E-state index in [0.29, 0.717) is 40.1 Å². The van der Waals surface area contributed by atoms with Gasteiger partial charge >= 0.3 is 0 Å². The van der Waals surface area contributed by atoms with Crippen LogP contribution in [0.3, 0.4) is 0 Å². The van der Waals surface area contributed by atoms with Gasteiger partial charge in [-0.15, -0.1) is 0 Å². The van der Waals surface area contributed by atoms with Crippen molar-refractivity contribution in [2.45, 2.75) is 20.8 Å². The number of aryl methyl sites for hydroxylation is 3. The van der Waals surface area contributed by atoms with Gasteiger partial charge in [0.2, 0.25) is 5.91 Å². The highest BCUT2D eigenvalue weighted by Gasteiger charge is 2.36. The number of nitro groups is 1. The Labute approximate surface area is 204 Å². The van der Waals surface area contributed by atoms with E-state index < -0.39 is 28.5 Å². The highest BCUT2D eigenvalue weighted by molar-refractivity contribution is 8.18. The van der Waals surface area contributed by atoms with E-state index in [0.717, 1.165) is 16.0 Å². The zero-order valence-electron chi connectivity index (χ0n) is 19.2. The summed E-state index contributed by atoms with van der Waals surface area (Å²) in [6.07, 6.45) is 1.42. The van der Waals surface area contributed by atoms with Gasteiger partial charge in [-0.05, 0) is 56.3 Å². The average molecular weight is 492 g/mol. The van der Waals surface area contributed by atoms with Crippen molar-refractivity contribution in [2.24, 2.45) is 0 Å². The predicted molar refractivity (Wildman–Crippen MR) is 133 cm³/mol. The van der Waals surface area contributed by atoms with Crippen LogP contribution < -0.4 is 5.32 Å². The number of thioether (sulfide) groups is 1. The van der Waals surface area contributed by atoms with Crippen molar-refractivity contribution in [2.75, 3.05) is 11.9 Å². The van der Waals surface area contributed by atoms with Gasteiger partial charge in [-0.1, -0.05) is 29.8 Å². The number of imide groups is 1. The molecule has 3 aromatic rings. The molecule has 2 heterocycles. The van der Waals surface area contributed by atoms with Gasteiger partial charge in [-0.3, -0.25) is 29.4 Å². The van der Waals surface area contributed by atoms with E-state index in [1.807, 2.05) is 26.0 Å². The van der Waals surface area contributed by atoms with Gasteiger partial charge in [0, 0.05) is 29.0 Å². The monoisotopic (exact) mass is 491 g/mol. The number of anilines is 1. The van der Waals surface area contributed by atoms with E-state index >= 15 is 0 Å². The van der Waals surface area contributed by atoms with Gasteiger partial charge in [0.25, 0.3) is 16.8 Å². The summed E-state index contributed by atoms with van der Waals surface area (Å²) in [4.78, 5) is 49.4. The molecule has 0 aliphatic carbocycles.